The van der Waals surface area contributed by atoms with Crippen LogP contribution in [-0.2, 0) is 4.65 Å². The summed E-state index contributed by atoms with van der Waals surface area (Å²) >= 11 is 6.31. The summed E-state index contributed by atoms with van der Waals surface area (Å²) in [7, 11) is -1.03. The normalized spacial score (nSPS) is 37.3. The first-order chi connectivity index (χ1) is 10.2. The number of alkyl halides is 1. The number of hydrogen-bond acceptors (Lipinski definition) is 3. The molecule has 0 aromatic heterocycles. The van der Waals surface area contributed by atoms with Gasteiger partial charge in [0.2, 0.25) is 0 Å². The lowest BCUT2D eigenvalue weighted by atomic mass is 9.40. The number of allylic oxidation sites excluding steroid dienone is 1. The minimum absolute atomic E-state index is 0.130. The van der Waals surface area contributed by atoms with E-state index >= 15 is 0 Å². The molecule has 2 bridgehead atoms. The van der Waals surface area contributed by atoms with Gasteiger partial charge in [-0.25, -0.2) is 0 Å². The lowest BCUT2D eigenvalue weighted by molar-refractivity contribution is -0.304. The second kappa shape index (κ2) is 6.47. The van der Waals surface area contributed by atoms with E-state index in [1.165, 1.54) is 0 Å². The number of rotatable bonds is 8. The van der Waals surface area contributed by atoms with E-state index in [4.69, 9.17) is 16.3 Å². The molecule has 0 radical (unpaired) electrons. The molecule has 126 valence electrons. The van der Waals surface area contributed by atoms with Gasteiger partial charge in [-0.05, 0) is 56.8 Å². The molecule has 22 heavy (non-hydrogen) atoms. The van der Waals surface area contributed by atoms with Gasteiger partial charge in [-0.3, -0.25) is 0 Å². The fraction of sp³-hybridized carbons (Fsp3) is 0.882. The molecule has 4 atom stereocenters. The van der Waals surface area contributed by atoms with Crippen LogP contribution >= 0.6 is 11.6 Å². The molecule has 0 saturated heterocycles. The fourth-order valence-corrected chi connectivity index (χ4v) is 4.68. The molecule has 0 spiro atoms. The van der Waals surface area contributed by atoms with Crippen LogP contribution in [-0.4, -0.2) is 33.7 Å². The van der Waals surface area contributed by atoms with Crippen LogP contribution in [0.3, 0.4) is 0 Å². The third-order valence-corrected chi connectivity index (χ3v) is 6.65. The van der Waals surface area contributed by atoms with Gasteiger partial charge in [0.05, 0.1) is 16.5 Å². The van der Waals surface area contributed by atoms with Crippen molar-refractivity contribution < 1.29 is 14.8 Å². The molecule has 0 heterocycles. The maximum atomic E-state index is 10.9. The highest BCUT2D eigenvalue weighted by atomic mass is 35.5. The van der Waals surface area contributed by atoms with Crippen molar-refractivity contribution in [3.05, 3.63) is 12.7 Å². The summed E-state index contributed by atoms with van der Waals surface area (Å²) < 4.78 is 6.05. The Hall–Kier alpha value is -0.0251. The SMILES string of the molecule is C=CCCCC[C@H](Cl)B(O)OC12CC(CCC1(C)O)C2(C)C. The van der Waals surface area contributed by atoms with E-state index < -0.39 is 23.6 Å². The van der Waals surface area contributed by atoms with Gasteiger partial charge in [0.25, 0.3) is 0 Å². The van der Waals surface area contributed by atoms with Crippen LogP contribution in [0.5, 0.6) is 0 Å². The summed E-state index contributed by atoms with van der Waals surface area (Å²) in [6, 6.07) is 0. The van der Waals surface area contributed by atoms with Gasteiger partial charge in [-0.15, -0.1) is 18.2 Å². The van der Waals surface area contributed by atoms with Crippen LogP contribution in [0.25, 0.3) is 0 Å². The predicted octanol–water partition coefficient (Wildman–Crippen LogP) is 3.71. The zero-order chi connectivity index (χ0) is 16.6. The summed E-state index contributed by atoms with van der Waals surface area (Å²) in [5.74, 6) is 0.557. The van der Waals surface area contributed by atoms with Crippen LogP contribution in [0, 0.1) is 11.3 Å². The second-order valence-electron chi connectivity index (χ2n) is 7.86. The topological polar surface area (TPSA) is 49.7 Å². The average molecular weight is 329 g/mol. The van der Waals surface area contributed by atoms with E-state index in [1.54, 1.807) is 0 Å². The molecule has 0 amide bonds. The summed E-state index contributed by atoms with van der Waals surface area (Å²) in [6.45, 7) is 9.81. The quantitative estimate of drug-likeness (QED) is 0.309. The molecule has 3 fully saturated rings. The van der Waals surface area contributed by atoms with Crippen molar-refractivity contribution in [3.63, 3.8) is 0 Å². The molecule has 3 rings (SSSR count). The van der Waals surface area contributed by atoms with Crippen LogP contribution in [0.1, 0.15) is 65.7 Å². The van der Waals surface area contributed by atoms with Gasteiger partial charge in [0, 0.05) is 0 Å². The lowest BCUT2D eigenvalue weighted by Crippen LogP contribution is -2.77. The van der Waals surface area contributed by atoms with E-state index in [9.17, 15) is 10.1 Å². The maximum Gasteiger partial charge on any atom is 0.473 e. The lowest BCUT2D eigenvalue weighted by Gasteiger charge is -2.71. The van der Waals surface area contributed by atoms with Crippen molar-refractivity contribution in [1.82, 2.24) is 0 Å². The van der Waals surface area contributed by atoms with E-state index in [0.29, 0.717) is 12.3 Å². The number of halogens is 1. The third kappa shape index (κ3) is 2.88. The van der Waals surface area contributed by atoms with Gasteiger partial charge in [0.15, 0.2) is 0 Å². The standard InChI is InChI=1S/C17H30BClO3/c1-5-6-7-8-9-14(19)18(21)22-17-12-13(15(17,2)3)10-11-16(17,4)20/h5,13-14,20-21H,1,6-12H2,2-4H3/t13?,14-,16?,17?/m0/s1. The smallest absolute Gasteiger partial charge is 0.426 e. The van der Waals surface area contributed by atoms with Crippen LogP contribution in [0.2, 0.25) is 0 Å². The van der Waals surface area contributed by atoms with Gasteiger partial charge < -0.3 is 14.8 Å². The Morgan fingerprint density at radius 1 is 1.41 bits per heavy atom. The first kappa shape index (κ1) is 18.3. The first-order valence-corrected chi connectivity index (χ1v) is 8.95. The van der Waals surface area contributed by atoms with Crippen LogP contribution in [0.4, 0.5) is 0 Å². The van der Waals surface area contributed by atoms with Gasteiger partial charge in [-0.2, -0.15) is 0 Å². The Bertz CT molecular complexity index is 403. The Kier molecular flexibility index (Phi) is 5.38. The molecule has 0 aliphatic heterocycles. The molecule has 3 saturated carbocycles. The summed E-state index contributed by atoms with van der Waals surface area (Å²) in [5, 5.41) is 20.8. The zero-order valence-electron chi connectivity index (χ0n) is 14.1. The predicted molar refractivity (Wildman–Crippen MR) is 91.8 cm³/mol. The Balaban J connectivity index is 1.97. The van der Waals surface area contributed by atoms with Crippen molar-refractivity contribution in [2.24, 2.45) is 11.3 Å². The van der Waals surface area contributed by atoms with Crippen molar-refractivity contribution >= 4 is 18.7 Å². The molecular weight excluding hydrogens is 298 g/mol. The van der Waals surface area contributed by atoms with Crippen molar-refractivity contribution in [3.8, 4) is 0 Å². The Morgan fingerprint density at radius 2 is 2.09 bits per heavy atom. The van der Waals surface area contributed by atoms with Crippen molar-refractivity contribution in [2.45, 2.75) is 82.2 Å². The molecule has 3 aliphatic carbocycles. The molecule has 3 aliphatic rings. The number of unbranched alkanes of at least 4 members (excludes halogenated alkanes) is 2. The van der Waals surface area contributed by atoms with Gasteiger partial charge in [0.1, 0.15) is 0 Å². The average Bonchev–Trinajstić information content (AvgIpc) is 2.44. The highest BCUT2D eigenvalue weighted by Crippen LogP contribution is 2.67. The van der Waals surface area contributed by atoms with E-state index in [-0.39, 0.29) is 5.41 Å². The molecule has 2 N–H and O–H groups in total. The Morgan fingerprint density at radius 3 is 2.64 bits per heavy atom. The zero-order valence-corrected chi connectivity index (χ0v) is 14.9. The highest BCUT2D eigenvalue weighted by Gasteiger charge is 2.71. The van der Waals surface area contributed by atoms with Gasteiger partial charge >= 0.3 is 7.12 Å². The minimum atomic E-state index is -1.03. The first-order valence-electron chi connectivity index (χ1n) is 8.51. The third-order valence-electron chi connectivity index (χ3n) is 6.21. The van der Waals surface area contributed by atoms with E-state index in [2.05, 4.69) is 20.4 Å². The summed E-state index contributed by atoms with van der Waals surface area (Å²) in [6.07, 6.45) is 8.08. The van der Waals surface area contributed by atoms with Crippen LogP contribution in [0.15, 0.2) is 12.7 Å². The molecule has 3 nitrogen and oxygen atoms in total. The Labute approximate surface area is 140 Å². The second-order valence-corrected chi connectivity index (χ2v) is 8.42. The maximum absolute atomic E-state index is 10.9. The van der Waals surface area contributed by atoms with Crippen molar-refractivity contribution in [1.29, 1.82) is 0 Å². The monoisotopic (exact) mass is 328 g/mol. The number of hydrogen-bond donors (Lipinski definition) is 2. The summed E-state index contributed by atoms with van der Waals surface area (Å²) in [5.41, 5.74) is -1.72. The fourth-order valence-electron chi connectivity index (χ4n) is 4.48. The van der Waals surface area contributed by atoms with Crippen LogP contribution < -0.4 is 0 Å². The minimum Gasteiger partial charge on any atom is -0.426 e. The molecule has 3 unspecified atom stereocenters. The molecular formula is C17H30BClO3. The van der Waals surface area contributed by atoms with E-state index in [0.717, 1.165) is 38.5 Å². The molecule has 0 aromatic carbocycles. The van der Waals surface area contributed by atoms with E-state index in [1.807, 2.05) is 13.0 Å². The van der Waals surface area contributed by atoms with Crippen molar-refractivity contribution in [2.75, 3.05) is 0 Å². The highest BCUT2D eigenvalue weighted by molar-refractivity contribution is 6.58. The number of aliphatic hydroxyl groups is 1. The largest absolute Gasteiger partial charge is 0.473 e. The molecule has 5 heteroatoms. The number of fused-ring (bicyclic) bond motifs is 2. The molecule has 0 aromatic rings. The summed E-state index contributed by atoms with van der Waals surface area (Å²) in [4.78, 5) is 0. The van der Waals surface area contributed by atoms with Gasteiger partial charge in [-0.1, -0.05) is 26.3 Å².